The Labute approximate surface area is 124 Å². The van der Waals surface area contributed by atoms with E-state index in [1.165, 1.54) is 0 Å². The quantitative estimate of drug-likeness (QED) is 0.745. The molecule has 0 radical (unpaired) electrons. The zero-order chi connectivity index (χ0) is 14.4. The maximum absolute atomic E-state index is 11.8. The summed E-state index contributed by atoms with van der Waals surface area (Å²) in [5.41, 5.74) is 2.11. The minimum atomic E-state index is -0.0772. The van der Waals surface area contributed by atoms with Gasteiger partial charge in [-0.2, -0.15) is 0 Å². The van der Waals surface area contributed by atoms with Crippen molar-refractivity contribution in [1.29, 1.82) is 0 Å². The average molecular weight is 285 g/mol. The summed E-state index contributed by atoms with van der Waals surface area (Å²) < 4.78 is 0. The van der Waals surface area contributed by atoms with Gasteiger partial charge in [0.05, 0.1) is 0 Å². The van der Waals surface area contributed by atoms with Crippen molar-refractivity contribution in [3.05, 3.63) is 76.8 Å². The molecule has 0 spiro atoms. The van der Waals surface area contributed by atoms with Crippen LogP contribution in [0, 0.1) is 0 Å². The van der Waals surface area contributed by atoms with E-state index in [1.807, 2.05) is 66.7 Å². The first kappa shape index (κ1) is 14.5. The van der Waals surface area contributed by atoms with Gasteiger partial charge in [-0.3, -0.25) is 4.79 Å². The molecule has 1 unspecified atom stereocenters. The third kappa shape index (κ3) is 4.07. The summed E-state index contributed by atoms with van der Waals surface area (Å²) in [7, 11) is 0. The molecular formula is C18H17ClO. The molecule has 0 amide bonds. The van der Waals surface area contributed by atoms with Gasteiger partial charge >= 0.3 is 0 Å². The lowest BCUT2D eigenvalue weighted by Gasteiger charge is -2.11. The van der Waals surface area contributed by atoms with E-state index in [0.717, 1.165) is 16.1 Å². The van der Waals surface area contributed by atoms with Gasteiger partial charge in [-0.15, -0.1) is 0 Å². The number of Topliss-reactive ketones (excluding diaryl/α,β-unsaturated/α-hetero) is 1. The van der Waals surface area contributed by atoms with E-state index in [2.05, 4.69) is 0 Å². The van der Waals surface area contributed by atoms with Crippen molar-refractivity contribution >= 4 is 23.5 Å². The fraction of sp³-hybridized carbons (Fsp3) is 0.167. The Balaban J connectivity index is 2.09. The number of rotatable bonds is 5. The molecule has 20 heavy (non-hydrogen) atoms. The second-order valence-corrected chi connectivity index (χ2v) is 5.20. The molecular weight excluding hydrogens is 268 g/mol. The maximum Gasteiger partial charge on any atom is 0.137 e. The van der Waals surface area contributed by atoms with E-state index in [1.54, 1.807) is 6.92 Å². The van der Waals surface area contributed by atoms with Gasteiger partial charge in [0.25, 0.3) is 0 Å². The van der Waals surface area contributed by atoms with E-state index >= 15 is 0 Å². The molecule has 2 aromatic carbocycles. The molecule has 1 nitrogen and oxygen atoms in total. The Morgan fingerprint density at radius 1 is 1.15 bits per heavy atom. The fourth-order valence-corrected chi connectivity index (χ4v) is 2.37. The summed E-state index contributed by atoms with van der Waals surface area (Å²) in [6.07, 6.45) is 4.74. The van der Waals surface area contributed by atoms with Gasteiger partial charge in [-0.25, -0.2) is 0 Å². The molecule has 0 heterocycles. The highest BCUT2D eigenvalue weighted by Crippen LogP contribution is 2.22. The molecule has 0 aliphatic carbocycles. The minimum absolute atomic E-state index is 0.0772. The molecule has 0 saturated heterocycles. The second kappa shape index (κ2) is 7.06. The highest BCUT2D eigenvalue weighted by molar-refractivity contribution is 6.30. The van der Waals surface area contributed by atoms with E-state index in [9.17, 15) is 4.79 Å². The van der Waals surface area contributed by atoms with E-state index in [0.29, 0.717) is 6.42 Å². The van der Waals surface area contributed by atoms with Crippen LogP contribution in [0.1, 0.15) is 30.4 Å². The monoisotopic (exact) mass is 284 g/mol. The van der Waals surface area contributed by atoms with Gasteiger partial charge in [-0.1, -0.05) is 66.2 Å². The van der Waals surface area contributed by atoms with Crippen LogP contribution in [0.25, 0.3) is 6.08 Å². The van der Waals surface area contributed by atoms with Crippen molar-refractivity contribution in [3.63, 3.8) is 0 Å². The van der Waals surface area contributed by atoms with Gasteiger partial charge in [-0.05, 0) is 36.6 Å². The number of carbonyl (C=O) groups excluding carboxylic acids is 1. The average Bonchev–Trinajstić information content (AvgIpc) is 2.44. The summed E-state index contributed by atoms with van der Waals surface area (Å²) in [6.45, 7) is 1.64. The number of carbonyl (C=O) groups is 1. The topological polar surface area (TPSA) is 17.1 Å². The van der Waals surface area contributed by atoms with Crippen LogP contribution in [-0.4, -0.2) is 5.78 Å². The van der Waals surface area contributed by atoms with Gasteiger partial charge in [0.15, 0.2) is 0 Å². The summed E-state index contributed by atoms with van der Waals surface area (Å²) in [6, 6.07) is 17.6. The Morgan fingerprint density at radius 2 is 1.90 bits per heavy atom. The molecule has 102 valence electrons. The largest absolute Gasteiger partial charge is 0.299 e. The molecule has 0 N–H and O–H groups in total. The third-order valence-corrected chi connectivity index (χ3v) is 3.46. The first-order valence-electron chi connectivity index (χ1n) is 6.64. The highest BCUT2D eigenvalue weighted by atomic mass is 35.5. The molecule has 0 saturated carbocycles. The van der Waals surface area contributed by atoms with E-state index < -0.39 is 0 Å². The van der Waals surface area contributed by atoms with Crippen molar-refractivity contribution < 1.29 is 4.79 Å². The van der Waals surface area contributed by atoms with Gasteiger partial charge in [0.1, 0.15) is 5.78 Å². The molecule has 2 aromatic rings. The fourth-order valence-electron chi connectivity index (χ4n) is 2.17. The van der Waals surface area contributed by atoms with Crippen molar-refractivity contribution in [2.75, 3.05) is 0 Å². The molecule has 2 rings (SSSR count). The zero-order valence-electron chi connectivity index (χ0n) is 11.4. The molecule has 0 bridgehead atoms. The molecule has 1 atom stereocenters. The van der Waals surface area contributed by atoms with Crippen LogP contribution in [0.15, 0.2) is 60.7 Å². The summed E-state index contributed by atoms with van der Waals surface area (Å²) >= 11 is 5.94. The Kier molecular flexibility index (Phi) is 5.14. The number of hydrogen-bond donors (Lipinski definition) is 0. The number of halogens is 1. The lowest BCUT2D eigenvalue weighted by atomic mass is 9.92. The maximum atomic E-state index is 11.8. The van der Waals surface area contributed by atoms with Crippen LogP contribution in [-0.2, 0) is 4.79 Å². The van der Waals surface area contributed by atoms with Crippen LogP contribution in [0.2, 0.25) is 5.02 Å². The summed E-state index contributed by atoms with van der Waals surface area (Å²) in [4.78, 5) is 11.8. The van der Waals surface area contributed by atoms with Crippen molar-refractivity contribution in [3.8, 4) is 0 Å². The lowest BCUT2D eigenvalue weighted by molar-refractivity contribution is -0.118. The van der Waals surface area contributed by atoms with E-state index in [4.69, 9.17) is 11.6 Å². The predicted octanol–water partition coefficient (Wildman–Crippen LogP) is 5.12. The summed E-state index contributed by atoms with van der Waals surface area (Å²) in [5.74, 6) is 0.110. The highest BCUT2D eigenvalue weighted by Gasteiger charge is 2.14. The van der Waals surface area contributed by atoms with Crippen LogP contribution < -0.4 is 0 Å². The second-order valence-electron chi connectivity index (χ2n) is 4.77. The van der Waals surface area contributed by atoms with Crippen molar-refractivity contribution in [2.45, 2.75) is 19.3 Å². The van der Waals surface area contributed by atoms with Crippen LogP contribution >= 0.6 is 11.6 Å². The number of hydrogen-bond acceptors (Lipinski definition) is 1. The van der Waals surface area contributed by atoms with Crippen molar-refractivity contribution in [2.24, 2.45) is 0 Å². The minimum Gasteiger partial charge on any atom is -0.299 e. The first-order chi connectivity index (χ1) is 9.66. The Bertz CT molecular complexity index is 602. The Morgan fingerprint density at radius 3 is 2.55 bits per heavy atom. The number of allylic oxidation sites excluding steroid dienone is 1. The van der Waals surface area contributed by atoms with Crippen molar-refractivity contribution in [1.82, 2.24) is 0 Å². The number of benzene rings is 2. The summed E-state index contributed by atoms with van der Waals surface area (Å²) in [5, 5.41) is 0.721. The first-order valence-corrected chi connectivity index (χ1v) is 7.02. The number of ketones is 1. The third-order valence-electron chi connectivity index (χ3n) is 3.22. The van der Waals surface area contributed by atoms with Crippen LogP contribution in [0.5, 0.6) is 0 Å². The van der Waals surface area contributed by atoms with Gasteiger partial charge in [0.2, 0.25) is 0 Å². The SMILES string of the molecule is CC(=O)C(C/C=C/c1cccc(Cl)c1)c1ccccc1. The lowest BCUT2D eigenvalue weighted by Crippen LogP contribution is -2.07. The Hall–Kier alpha value is -1.86. The normalized spacial score (nSPS) is 12.5. The molecule has 0 aromatic heterocycles. The predicted molar refractivity (Wildman–Crippen MR) is 85.0 cm³/mol. The molecule has 2 heteroatoms. The molecule has 0 aliphatic heterocycles. The van der Waals surface area contributed by atoms with Crippen LogP contribution in [0.3, 0.4) is 0 Å². The smallest absolute Gasteiger partial charge is 0.137 e. The van der Waals surface area contributed by atoms with Gasteiger partial charge < -0.3 is 0 Å². The standard InChI is InChI=1S/C18H17ClO/c1-14(20)18(16-9-3-2-4-10-16)12-6-8-15-7-5-11-17(19)13-15/h2-11,13,18H,12H2,1H3/b8-6+. The molecule has 0 fully saturated rings. The zero-order valence-corrected chi connectivity index (χ0v) is 12.2. The van der Waals surface area contributed by atoms with Gasteiger partial charge in [0, 0.05) is 10.9 Å². The van der Waals surface area contributed by atoms with Crippen LogP contribution in [0.4, 0.5) is 0 Å². The molecule has 0 aliphatic rings. The van der Waals surface area contributed by atoms with E-state index in [-0.39, 0.29) is 11.7 Å².